The highest BCUT2D eigenvalue weighted by Gasteiger charge is 2.16. The zero-order valence-electron chi connectivity index (χ0n) is 13.7. The lowest BCUT2D eigenvalue weighted by Gasteiger charge is -2.31. The molecule has 1 aliphatic heterocycles. The van der Waals surface area contributed by atoms with Crippen molar-refractivity contribution >= 4 is 25.0 Å². The van der Waals surface area contributed by atoms with Crippen molar-refractivity contribution in [3.63, 3.8) is 0 Å². The fraction of sp³-hybridized carbons (Fsp3) is 0.222. The van der Waals surface area contributed by atoms with E-state index >= 15 is 0 Å². The van der Waals surface area contributed by atoms with Gasteiger partial charge in [0.15, 0.2) is 0 Å². The monoisotopic (exact) mass is 334 g/mol. The minimum absolute atomic E-state index is 0.649. The number of anilines is 1. The van der Waals surface area contributed by atoms with E-state index in [4.69, 9.17) is 4.74 Å². The fourth-order valence-corrected chi connectivity index (χ4v) is 2.68. The third kappa shape index (κ3) is 2.96. The fourth-order valence-electron chi connectivity index (χ4n) is 2.68. The summed E-state index contributed by atoms with van der Waals surface area (Å²) in [6.07, 6.45) is 4.51. The number of fused-ring (bicyclic) bond motifs is 1. The molecular formula is C18H18N6O. The Morgan fingerprint density at radius 2 is 1.80 bits per heavy atom. The summed E-state index contributed by atoms with van der Waals surface area (Å²) in [4.78, 5) is 19.0. The molecule has 1 aromatic carbocycles. The molecule has 0 spiro atoms. The zero-order valence-corrected chi connectivity index (χ0v) is 13.7. The van der Waals surface area contributed by atoms with Crippen LogP contribution in [0.4, 0.5) is 5.82 Å². The summed E-state index contributed by atoms with van der Waals surface area (Å²) < 4.78 is 7.45. The van der Waals surface area contributed by atoms with Gasteiger partial charge in [0.05, 0.1) is 5.69 Å². The SMILES string of the molecule is C=NC(N=C)Oc1ccc(-c2cn3ccc(N4CCC4)nc3n2)cc1. The number of aliphatic imine (C=N–C) groups is 2. The van der Waals surface area contributed by atoms with Gasteiger partial charge in [-0.1, -0.05) is 0 Å². The van der Waals surface area contributed by atoms with Gasteiger partial charge in [-0.25, -0.2) is 15.0 Å². The number of benzene rings is 1. The van der Waals surface area contributed by atoms with Gasteiger partial charge in [-0.05, 0) is 50.2 Å². The average Bonchev–Trinajstić information content (AvgIpc) is 3.02. The molecule has 4 rings (SSSR count). The van der Waals surface area contributed by atoms with Crippen LogP contribution in [-0.2, 0) is 0 Å². The third-order valence-corrected chi connectivity index (χ3v) is 4.20. The average molecular weight is 334 g/mol. The summed E-state index contributed by atoms with van der Waals surface area (Å²) in [5.41, 5.74) is 1.85. The molecule has 0 aliphatic carbocycles. The van der Waals surface area contributed by atoms with Crippen molar-refractivity contribution in [3.05, 3.63) is 42.7 Å². The van der Waals surface area contributed by atoms with Crippen LogP contribution >= 0.6 is 0 Å². The van der Waals surface area contributed by atoms with E-state index in [2.05, 4.69) is 38.3 Å². The number of hydrogen-bond acceptors (Lipinski definition) is 6. The van der Waals surface area contributed by atoms with Crippen LogP contribution in [0.2, 0.25) is 0 Å². The second-order valence-corrected chi connectivity index (χ2v) is 5.79. The molecule has 0 saturated carbocycles. The first-order chi connectivity index (χ1) is 12.3. The van der Waals surface area contributed by atoms with Gasteiger partial charge < -0.3 is 9.64 Å². The lowest BCUT2D eigenvalue weighted by atomic mass is 10.2. The Kier molecular flexibility index (Phi) is 3.89. The Balaban J connectivity index is 1.58. The summed E-state index contributed by atoms with van der Waals surface area (Å²) in [5, 5.41) is 0. The number of rotatable bonds is 6. The van der Waals surface area contributed by atoms with Crippen LogP contribution in [0.25, 0.3) is 17.0 Å². The highest BCUT2D eigenvalue weighted by atomic mass is 16.5. The van der Waals surface area contributed by atoms with Gasteiger partial charge in [-0.2, -0.15) is 4.98 Å². The molecule has 0 bridgehead atoms. The molecule has 1 aliphatic rings. The second-order valence-electron chi connectivity index (χ2n) is 5.79. The van der Waals surface area contributed by atoms with Gasteiger partial charge in [0.25, 0.3) is 6.35 Å². The molecule has 3 aromatic rings. The summed E-state index contributed by atoms with van der Waals surface area (Å²) >= 11 is 0. The quantitative estimate of drug-likeness (QED) is 0.650. The van der Waals surface area contributed by atoms with Gasteiger partial charge >= 0.3 is 0 Å². The van der Waals surface area contributed by atoms with Crippen LogP contribution in [0.1, 0.15) is 6.42 Å². The Hall–Kier alpha value is -3.22. The van der Waals surface area contributed by atoms with E-state index in [1.54, 1.807) is 0 Å². The topological polar surface area (TPSA) is 67.4 Å². The minimum atomic E-state index is -0.690. The van der Waals surface area contributed by atoms with Crippen LogP contribution < -0.4 is 9.64 Å². The molecule has 0 atom stereocenters. The number of nitrogens with zero attached hydrogens (tertiary/aromatic N) is 6. The summed E-state index contributed by atoms with van der Waals surface area (Å²) in [5.74, 6) is 2.33. The van der Waals surface area contributed by atoms with Crippen molar-refractivity contribution in [1.29, 1.82) is 0 Å². The van der Waals surface area contributed by atoms with E-state index in [0.29, 0.717) is 11.5 Å². The molecule has 1 fully saturated rings. The molecule has 7 nitrogen and oxygen atoms in total. The van der Waals surface area contributed by atoms with Gasteiger partial charge in [0, 0.05) is 31.0 Å². The molecule has 25 heavy (non-hydrogen) atoms. The zero-order chi connectivity index (χ0) is 17.2. The maximum absolute atomic E-state index is 5.52. The Labute approximate surface area is 145 Å². The first kappa shape index (κ1) is 15.3. The molecule has 7 heteroatoms. The normalized spacial score (nSPS) is 13.7. The number of ether oxygens (including phenoxy) is 1. The van der Waals surface area contributed by atoms with Crippen molar-refractivity contribution in [3.8, 4) is 17.0 Å². The minimum Gasteiger partial charge on any atom is -0.449 e. The number of hydrogen-bond donors (Lipinski definition) is 0. The highest BCUT2D eigenvalue weighted by Crippen LogP contribution is 2.24. The molecular weight excluding hydrogens is 316 g/mol. The van der Waals surface area contributed by atoms with E-state index in [1.807, 2.05) is 47.1 Å². The standard InChI is InChI=1S/C18H18N6O/c1-19-18(20-2)25-14-6-4-13(5-7-14)15-12-24-11-8-16(22-17(24)21-15)23-9-3-10-23/h4-8,11-12,18H,1-3,9-10H2. The van der Waals surface area contributed by atoms with E-state index < -0.39 is 6.35 Å². The van der Waals surface area contributed by atoms with Gasteiger partial charge in [0.1, 0.15) is 11.6 Å². The van der Waals surface area contributed by atoms with E-state index in [1.165, 1.54) is 6.42 Å². The molecule has 0 N–H and O–H groups in total. The van der Waals surface area contributed by atoms with Crippen molar-refractivity contribution in [1.82, 2.24) is 14.4 Å². The summed E-state index contributed by atoms with van der Waals surface area (Å²) in [6, 6.07) is 9.61. The lowest BCUT2D eigenvalue weighted by Crippen LogP contribution is -2.37. The summed E-state index contributed by atoms with van der Waals surface area (Å²) in [7, 11) is 0. The van der Waals surface area contributed by atoms with E-state index in [0.717, 1.165) is 30.2 Å². The third-order valence-electron chi connectivity index (χ3n) is 4.20. The maximum atomic E-state index is 5.52. The van der Waals surface area contributed by atoms with Gasteiger partial charge in [-0.3, -0.25) is 4.40 Å². The van der Waals surface area contributed by atoms with Crippen molar-refractivity contribution in [2.45, 2.75) is 12.8 Å². The Bertz CT molecular complexity index is 905. The molecule has 2 aromatic heterocycles. The highest BCUT2D eigenvalue weighted by molar-refractivity contribution is 5.63. The maximum Gasteiger partial charge on any atom is 0.286 e. The first-order valence-electron chi connectivity index (χ1n) is 8.06. The van der Waals surface area contributed by atoms with Crippen LogP contribution in [0.3, 0.4) is 0 Å². The van der Waals surface area contributed by atoms with Crippen molar-refractivity contribution < 1.29 is 4.74 Å². The Morgan fingerprint density at radius 3 is 2.44 bits per heavy atom. The van der Waals surface area contributed by atoms with E-state index in [9.17, 15) is 0 Å². The van der Waals surface area contributed by atoms with Crippen molar-refractivity contribution in [2.24, 2.45) is 9.98 Å². The molecule has 0 unspecified atom stereocenters. The first-order valence-corrected chi connectivity index (χ1v) is 8.06. The molecule has 0 radical (unpaired) electrons. The predicted octanol–water partition coefficient (Wildman–Crippen LogP) is 2.67. The Morgan fingerprint density at radius 1 is 1.04 bits per heavy atom. The van der Waals surface area contributed by atoms with Gasteiger partial charge in [-0.15, -0.1) is 0 Å². The number of imidazole rings is 1. The smallest absolute Gasteiger partial charge is 0.286 e. The van der Waals surface area contributed by atoms with Crippen LogP contribution in [0.15, 0.2) is 52.7 Å². The van der Waals surface area contributed by atoms with Crippen LogP contribution in [0.5, 0.6) is 5.75 Å². The predicted molar refractivity (Wildman–Crippen MR) is 98.8 cm³/mol. The molecule has 0 amide bonds. The van der Waals surface area contributed by atoms with Gasteiger partial charge in [0.2, 0.25) is 5.78 Å². The van der Waals surface area contributed by atoms with Crippen molar-refractivity contribution in [2.75, 3.05) is 18.0 Å². The largest absolute Gasteiger partial charge is 0.449 e. The molecule has 1 saturated heterocycles. The van der Waals surface area contributed by atoms with Crippen LogP contribution in [-0.4, -0.2) is 47.2 Å². The van der Waals surface area contributed by atoms with Crippen LogP contribution in [0, 0.1) is 0 Å². The molecule has 126 valence electrons. The summed E-state index contributed by atoms with van der Waals surface area (Å²) in [6.45, 7) is 8.97. The molecule has 3 heterocycles. The lowest BCUT2D eigenvalue weighted by molar-refractivity contribution is 0.224. The second kappa shape index (κ2) is 6.35. The van der Waals surface area contributed by atoms with E-state index in [-0.39, 0.29) is 0 Å². The number of aromatic nitrogens is 3.